The normalized spacial score (nSPS) is 29.0. The van der Waals surface area contributed by atoms with Gasteiger partial charge in [-0.3, -0.25) is 0 Å². The molecule has 0 saturated heterocycles. The summed E-state index contributed by atoms with van der Waals surface area (Å²) in [5.41, 5.74) is 6.13. The largest absolute Gasteiger partial charge is 0.398 e. The van der Waals surface area contributed by atoms with E-state index < -0.39 is 10.0 Å². The monoisotopic (exact) mass is 422 g/mol. The van der Waals surface area contributed by atoms with Crippen LogP contribution in [-0.4, -0.2) is 14.5 Å². The van der Waals surface area contributed by atoms with Crippen molar-refractivity contribution in [3.8, 4) is 0 Å². The zero-order chi connectivity index (χ0) is 14.5. The van der Waals surface area contributed by atoms with Crippen molar-refractivity contribution in [3.05, 3.63) is 21.1 Å². The second-order valence-corrected chi connectivity index (χ2v) is 9.13. The van der Waals surface area contributed by atoms with Crippen LogP contribution in [0.25, 0.3) is 0 Å². The lowest BCUT2D eigenvalue weighted by Crippen LogP contribution is -2.38. The second-order valence-electron chi connectivity index (χ2n) is 5.71. The first-order valence-electron chi connectivity index (χ1n) is 6.63. The summed E-state index contributed by atoms with van der Waals surface area (Å²) in [6.45, 7) is 0. The highest BCUT2D eigenvalue weighted by Gasteiger charge is 2.41. The van der Waals surface area contributed by atoms with Gasteiger partial charge < -0.3 is 5.73 Å². The highest BCUT2D eigenvalue weighted by Crippen LogP contribution is 2.45. The van der Waals surface area contributed by atoms with E-state index in [1.807, 2.05) is 0 Å². The molecule has 2 saturated carbocycles. The molecule has 0 aliphatic heterocycles. The molecule has 0 radical (unpaired) electrons. The van der Waals surface area contributed by atoms with Crippen LogP contribution < -0.4 is 10.5 Å². The van der Waals surface area contributed by atoms with Crippen LogP contribution in [0.1, 0.15) is 25.7 Å². The zero-order valence-electron chi connectivity index (χ0n) is 10.8. The van der Waals surface area contributed by atoms with Gasteiger partial charge >= 0.3 is 0 Å². The van der Waals surface area contributed by atoms with Gasteiger partial charge in [0.05, 0.1) is 5.69 Å². The SMILES string of the molecule is Nc1cc(Br)cc(Br)c1S(=O)(=O)NC1CC2CCC1C2. The Kier molecular flexibility index (Phi) is 3.90. The number of nitrogen functional groups attached to an aromatic ring is 1. The number of nitrogens with one attached hydrogen (secondary N) is 1. The van der Waals surface area contributed by atoms with E-state index in [1.165, 1.54) is 6.42 Å². The number of halogens is 2. The van der Waals surface area contributed by atoms with Crippen molar-refractivity contribution in [2.75, 3.05) is 5.73 Å². The third-order valence-corrected chi connectivity index (χ3v) is 7.30. The highest BCUT2D eigenvalue weighted by molar-refractivity contribution is 9.11. The quantitative estimate of drug-likeness (QED) is 0.732. The molecular weight excluding hydrogens is 408 g/mol. The van der Waals surface area contributed by atoms with Gasteiger partial charge in [0.1, 0.15) is 4.90 Å². The molecule has 4 nitrogen and oxygen atoms in total. The molecule has 2 aliphatic carbocycles. The molecule has 3 rings (SSSR count). The molecule has 3 unspecified atom stereocenters. The summed E-state index contributed by atoms with van der Waals surface area (Å²) in [4.78, 5) is 0.142. The summed E-state index contributed by atoms with van der Waals surface area (Å²) in [7, 11) is -3.59. The highest BCUT2D eigenvalue weighted by atomic mass is 79.9. The minimum atomic E-state index is -3.59. The summed E-state index contributed by atoms with van der Waals surface area (Å²) < 4.78 is 29.2. The van der Waals surface area contributed by atoms with E-state index >= 15 is 0 Å². The van der Waals surface area contributed by atoms with E-state index in [0.717, 1.165) is 23.7 Å². The number of hydrogen-bond donors (Lipinski definition) is 2. The molecule has 2 aliphatic rings. The molecule has 7 heteroatoms. The average Bonchev–Trinajstić information content (AvgIpc) is 2.87. The molecule has 1 aromatic carbocycles. The van der Waals surface area contributed by atoms with Gasteiger partial charge in [-0.15, -0.1) is 0 Å². The molecular formula is C13H16Br2N2O2S. The fourth-order valence-corrected chi connectivity index (χ4v) is 6.90. The van der Waals surface area contributed by atoms with E-state index in [1.54, 1.807) is 12.1 Å². The van der Waals surface area contributed by atoms with Crippen LogP contribution in [0.15, 0.2) is 26.0 Å². The van der Waals surface area contributed by atoms with Crippen LogP contribution >= 0.6 is 31.9 Å². The summed E-state index contributed by atoms with van der Waals surface area (Å²) in [5, 5.41) is 0. The number of sulfonamides is 1. The van der Waals surface area contributed by atoms with Gasteiger partial charge in [0, 0.05) is 15.0 Å². The van der Waals surface area contributed by atoms with Crippen molar-refractivity contribution >= 4 is 47.6 Å². The van der Waals surface area contributed by atoms with E-state index in [2.05, 4.69) is 36.6 Å². The minimum Gasteiger partial charge on any atom is -0.398 e. The fourth-order valence-electron chi connectivity index (χ4n) is 3.51. The number of benzene rings is 1. The van der Waals surface area contributed by atoms with Crippen molar-refractivity contribution in [1.82, 2.24) is 4.72 Å². The molecule has 110 valence electrons. The maximum atomic E-state index is 12.6. The van der Waals surface area contributed by atoms with Gasteiger partial charge in [0.25, 0.3) is 0 Å². The second kappa shape index (κ2) is 5.26. The van der Waals surface area contributed by atoms with E-state index in [-0.39, 0.29) is 16.6 Å². The Labute approximate surface area is 135 Å². The molecule has 0 spiro atoms. The predicted octanol–water partition coefficient (Wildman–Crippen LogP) is 3.26. The smallest absolute Gasteiger partial charge is 0.244 e. The van der Waals surface area contributed by atoms with Crippen molar-refractivity contribution in [2.24, 2.45) is 11.8 Å². The first-order chi connectivity index (χ1) is 9.37. The maximum absolute atomic E-state index is 12.6. The minimum absolute atomic E-state index is 0.0636. The van der Waals surface area contributed by atoms with E-state index in [9.17, 15) is 8.42 Å². The summed E-state index contributed by atoms with van der Waals surface area (Å²) >= 11 is 6.60. The van der Waals surface area contributed by atoms with Gasteiger partial charge in [0.15, 0.2) is 0 Å². The molecule has 3 atom stereocenters. The average molecular weight is 424 g/mol. The lowest BCUT2D eigenvalue weighted by atomic mass is 9.96. The van der Waals surface area contributed by atoms with Gasteiger partial charge in [-0.2, -0.15) is 0 Å². The molecule has 1 aromatic rings. The molecule has 0 aromatic heterocycles. The van der Waals surface area contributed by atoms with Crippen LogP contribution in [-0.2, 0) is 10.0 Å². The van der Waals surface area contributed by atoms with Gasteiger partial charge in [0.2, 0.25) is 10.0 Å². The molecule has 0 heterocycles. The van der Waals surface area contributed by atoms with Crippen molar-refractivity contribution < 1.29 is 8.42 Å². The number of hydrogen-bond acceptors (Lipinski definition) is 3. The number of fused-ring (bicyclic) bond motifs is 2. The van der Waals surface area contributed by atoms with Crippen LogP contribution in [0, 0.1) is 11.8 Å². The maximum Gasteiger partial charge on any atom is 0.244 e. The van der Waals surface area contributed by atoms with Crippen LogP contribution in [0.4, 0.5) is 5.69 Å². The molecule has 20 heavy (non-hydrogen) atoms. The first kappa shape index (κ1) is 14.8. The van der Waals surface area contributed by atoms with E-state index in [0.29, 0.717) is 16.3 Å². The molecule has 2 fully saturated rings. The number of anilines is 1. The number of nitrogens with two attached hydrogens (primary N) is 1. The Morgan fingerprint density at radius 2 is 1.95 bits per heavy atom. The van der Waals surface area contributed by atoms with Gasteiger partial charge in [-0.25, -0.2) is 13.1 Å². The topological polar surface area (TPSA) is 72.2 Å². The Bertz CT molecular complexity index is 625. The Balaban J connectivity index is 1.89. The third-order valence-electron chi connectivity index (χ3n) is 4.35. The number of rotatable bonds is 3. The van der Waals surface area contributed by atoms with Crippen LogP contribution in [0.5, 0.6) is 0 Å². The van der Waals surface area contributed by atoms with Crippen molar-refractivity contribution in [2.45, 2.75) is 36.6 Å². The Morgan fingerprint density at radius 3 is 2.50 bits per heavy atom. The summed E-state index contributed by atoms with van der Waals surface area (Å²) in [5.74, 6) is 1.18. The Morgan fingerprint density at radius 1 is 1.20 bits per heavy atom. The lowest BCUT2D eigenvalue weighted by Gasteiger charge is -2.23. The summed E-state index contributed by atoms with van der Waals surface area (Å²) in [6, 6.07) is 3.37. The molecule has 0 amide bonds. The predicted molar refractivity (Wildman–Crippen MR) is 85.8 cm³/mol. The van der Waals surface area contributed by atoms with Crippen LogP contribution in [0.2, 0.25) is 0 Å². The lowest BCUT2D eigenvalue weighted by molar-refractivity contribution is 0.390. The zero-order valence-corrected chi connectivity index (χ0v) is 14.8. The van der Waals surface area contributed by atoms with Crippen molar-refractivity contribution in [3.63, 3.8) is 0 Å². The van der Waals surface area contributed by atoms with Crippen molar-refractivity contribution in [1.29, 1.82) is 0 Å². The van der Waals surface area contributed by atoms with Gasteiger partial charge in [-0.1, -0.05) is 22.4 Å². The third kappa shape index (κ3) is 2.65. The Hall–Kier alpha value is -0.110. The molecule has 2 bridgehead atoms. The summed E-state index contributed by atoms with van der Waals surface area (Å²) in [6.07, 6.45) is 4.49. The standard InChI is InChI=1S/C13H16Br2N2O2S/c14-9-5-10(15)13(11(16)6-9)20(18,19)17-12-4-7-1-2-8(12)3-7/h5-8,12,17H,1-4,16H2. The first-order valence-corrected chi connectivity index (χ1v) is 9.70. The van der Waals surface area contributed by atoms with E-state index in [4.69, 9.17) is 5.73 Å². The molecule has 3 N–H and O–H groups in total. The van der Waals surface area contributed by atoms with Crippen LogP contribution in [0.3, 0.4) is 0 Å². The van der Waals surface area contributed by atoms with Gasteiger partial charge in [-0.05, 0) is 59.2 Å². The fraction of sp³-hybridized carbons (Fsp3) is 0.538.